The first-order chi connectivity index (χ1) is 9.61. The van der Waals surface area contributed by atoms with E-state index in [0.717, 1.165) is 38.0 Å². The molecule has 5 heteroatoms. The minimum absolute atomic E-state index is 0.295. The van der Waals surface area contributed by atoms with Crippen LogP contribution in [0.4, 0.5) is 5.82 Å². The molecule has 1 fully saturated rings. The van der Waals surface area contributed by atoms with E-state index in [-0.39, 0.29) is 0 Å². The molecule has 0 aromatic carbocycles. The minimum atomic E-state index is -0.915. The van der Waals surface area contributed by atoms with Gasteiger partial charge in [-0.2, -0.15) is 0 Å². The van der Waals surface area contributed by atoms with E-state index in [1.807, 2.05) is 0 Å². The summed E-state index contributed by atoms with van der Waals surface area (Å²) in [4.78, 5) is 18.0. The SMILES string of the molecule is CCCN1CCC(Nc2nccc(C)c2C(=O)O)CC1. The number of aromatic carboxylic acids is 1. The summed E-state index contributed by atoms with van der Waals surface area (Å²) >= 11 is 0. The Morgan fingerprint density at radius 3 is 2.80 bits per heavy atom. The van der Waals surface area contributed by atoms with Crippen LogP contribution in [0.2, 0.25) is 0 Å². The van der Waals surface area contributed by atoms with Gasteiger partial charge in [-0.15, -0.1) is 0 Å². The van der Waals surface area contributed by atoms with Gasteiger partial charge in [0.15, 0.2) is 0 Å². The largest absolute Gasteiger partial charge is 0.478 e. The Kier molecular flexibility index (Phi) is 4.95. The monoisotopic (exact) mass is 277 g/mol. The van der Waals surface area contributed by atoms with Crippen molar-refractivity contribution >= 4 is 11.8 Å². The van der Waals surface area contributed by atoms with Crippen LogP contribution in [0.25, 0.3) is 0 Å². The molecule has 0 spiro atoms. The van der Waals surface area contributed by atoms with E-state index < -0.39 is 5.97 Å². The molecule has 2 rings (SSSR count). The second-order valence-electron chi connectivity index (χ2n) is 5.42. The zero-order valence-corrected chi connectivity index (χ0v) is 12.2. The first-order valence-electron chi connectivity index (χ1n) is 7.29. The normalized spacial score (nSPS) is 17.1. The summed E-state index contributed by atoms with van der Waals surface area (Å²) in [5, 5.41) is 12.6. The molecule has 0 atom stereocenters. The zero-order chi connectivity index (χ0) is 14.5. The van der Waals surface area contributed by atoms with Crippen LogP contribution >= 0.6 is 0 Å². The quantitative estimate of drug-likeness (QED) is 0.865. The lowest BCUT2D eigenvalue weighted by Gasteiger charge is -2.32. The number of likely N-dealkylation sites (tertiary alicyclic amines) is 1. The summed E-state index contributed by atoms with van der Waals surface area (Å²) in [5.74, 6) is -0.409. The zero-order valence-electron chi connectivity index (χ0n) is 12.2. The Morgan fingerprint density at radius 2 is 2.20 bits per heavy atom. The van der Waals surface area contributed by atoms with E-state index in [1.54, 1.807) is 19.2 Å². The summed E-state index contributed by atoms with van der Waals surface area (Å²) in [5.41, 5.74) is 1.04. The molecule has 1 aromatic rings. The highest BCUT2D eigenvalue weighted by atomic mass is 16.4. The number of carboxylic acids is 1. The number of hydrogen-bond acceptors (Lipinski definition) is 4. The molecule has 1 saturated heterocycles. The van der Waals surface area contributed by atoms with Crippen molar-refractivity contribution in [1.82, 2.24) is 9.88 Å². The molecule has 2 heterocycles. The number of nitrogens with one attached hydrogen (secondary N) is 1. The van der Waals surface area contributed by atoms with Crippen LogP contribution in [-0.4, -0.2) is 46.6 Å². The number of aryl methyl sites for hydroxylation is 1. The Morgan fingerprint density at radius 1 is 1.50 bits per heavy atom. The Balaban J connectivity index is 2.01. The maximum atomic E-state index is 11.3. The lowest BCUT2D eigenvalue weighted by molar-refractivity contribution is 0.0696. The molecule has 2 N–H and O–H groups in total. The Bertz CT molecular complexity index is 468. The fraction of sp³-hybridized carbons (Fsp3) is 0.600. The molecule has 0 radical (unpaired) electrons. The predicted octanol–water partition coefficient (Wildman–Crippen LogP) is 2.37. The molecule has 0 aliphatic carbocycles. The molecule has 1 aliphatic rings. The van der Waals surface area contributed by atoms with E-state index in [2.05, 4.69) is 22.1 Å². The average molecular weight is 277 g/mol. The average Bonchev–Trinajstić information content (AvgIpc) is 2.41. The lowest BCUT2D eigenvalue weighted by Crippen LogP contribution is -2.39. The summed E-state index contributed by atoms with van der Waals surface area (Å²) in [7, 11) is 0. The third kappa shape index (κ3) is 3.48. The molecule has 110 valence electrons. The van der Waals surface area contributed by atoms with Crippen LogP contribution in [0.15, 0.2) is 12.3 Å². The first-order valence-corrected chi connectivity index (χ1v) is 7.29. The minimum Gasteiger partial charge on any atom is -0.478 e. The van der Waals surface area contributed by atoms with Crippen molar-refractivity contribution in [2.24, 2.45) is 0 Å². The topological polar surface area (TPSA) is 65.5 Å². The smallest absolute Gasteiger partial charge is 0.339 e. The highest BCUT2D eigenvalue weighted by molar-refractivity contribution is 5.94. The summed E-state index contributed by atoms with van der Waals surface area (Å²) in [6.45, 7) is 7.29. The third-order valence-electron chi connectivity index (χ3n) is 3.84. The maximum Gasteiger partial charge on any atom is 0.339 e. The van der Waals surface area contributed by atoms with Gasteiger partial charge in [0.2, 0.25) is 0 Å². The van der Waals surface area contributed by atoms with Gasteiger partial charge in [0, 0.05) is 25.3 Å². The van der Waals surface area contributed by atoms with Gasteiger partial charge in [-0.1, -0.05) is 6.92 Å². The number of aromatic nitrogens is 1. The van der Waals surface area contributed by atoms with E-state index in [4.69, 9.17) is 0 Å². The van der Waals surface area contributed by atoms with Crippen molar-refractivity contribution in [2.75, 3.05) is 25.0 Å². The number of piperidine rings is 1. The number of pyridine rings is 1. The number of hydrogen-bond donors (Lipinski definition) is 2. The molecule has 0 amide bonds. The second-order valence-corrected chi connectivity index (χ2v) is 5.42. The second kappa shape index (κ2) is 6.70. The predicted molar refractivity (Wildman–Crippen MR) is 79.3 cm³/mol. The first kappa shape index (κ1) is 14.8. The van der Waals surface area contributed by atoms with Crippen molar-refractivity contribution in [3.05, 3.63) is 23.4 Å². The van der Waals surface area contributed by atoms with Crippen molar-refractivity contribution in [1.29, 1.82) is 0 Å². The van der Waals surface area contributed by atoms with Gasteiger partial charge >= 0.3 is 5.97 Å². The van der Waals surface area contributed by atoms with E-state index >= 15 is 0 Å². The van der Waals surface area contributed by atoms with Crippen LogP contribution < -0.4 is 5.32 Å². The van der Waals surface area contributed by atoms with E-state index in [9.17, 15) is 9.90 Å². The van der Waals surface area contributed by atoms with E-state index in [0.29, 0.717) is 17.4 Å². The van der Waals surface area contributed by atoms with Gasteiger partial charge in [-0.3, -0.25) is 0 Å². The van der Waals surface area contributed by atoms with Gasteiger partial charge in [-0.25, -0.2) is 9.78 Å². The standard InChI is InChI=1S/C15H23N3O2/c1-3-8-18-9-5-12(6-10-18)17-14-13(15(19)20)11(2)4-7-16-14/h4,7,12H,3,5-6,8-10H2,1-2H3,(H,16,17)(H,19,20). The Labute approximate surface area is 120 Å². The molecule has 20 heavy (non-hydrogen) atoms. The molecule has 1 aliphatic heterocycles. The maximum absolute atomic E-state index is 11.3. The third-order valence-corrected chi connectivity index (χ3v) is 3.84. The number of rotatable bonds is 5. The molecule has 0 saturated carbocycles. The number of nitrogens with zero attached hydrogens (tertiary/aromatic N) is 2. The number of carboxylic acid groups (broad SMARTS) is 1. The van der Waals surface area contributed by atoms with Crippen molar-refractivity contribution in [3.63, 3.8) is 0 Å². The molecular formula is C15H23N3O2. The molecule has 0 unspecified atom stereocenters. The van der Waals surface area contributed by atoms with Crippen LogP contribution in [0.5, 0.6) is 0 Å². The van der Waals surface area contributed by atoms with Gasteiger partial charge in [-0.05, 0) is 44.4 Å². The molecular weight excluding hydrogens is 254 g/mol. The van der Waals surface area contributed by atoms with Crippen LogP contribution in [0.1, 0.15) is 42.1 Å². The fourth-order valence-corrected chi connectivity index (χ4v) is 2.75. The summed E-state index contributed by atoms with van der Waals surface area (Å²) < 4.78 is 0. The van der Waals surface area contributed by atoms with Gasteiger partial charge in [0.05, 0.1) is 0 Å². The van der Waals surface area contributed by atoms with Crippen LogP contribution in [-0.2, 0) is 0 Å². The highest BCUT2D eigenvalue weighted by Gasteiger charge is 2.21. The van der Waals surface area contributed by atoms with Gasteiger partial charge < -0.3 is 15.3 Å². The highest BCUT2D eigenvalue weighted by Crippen LogP contribution is 2.21. The van der Waals surface area contributed by atoms with Crippen LogP contribution in [0, 0.1) is 6.92 Å². The van der Waals surface area contributed by atoms with E-state index in [1.165, 1.54) is 6.42 Å². The van der Waals surface area contributed by atoms with Crippen molar-refractivity contribution in [3.8, 4) is 0 Å². The molecule has 0 bridgehead atoms. The molecule has 1 aromatic heterocycles. The van der Waals surface area contributed by atoms with Gasteiger partial charge in [0.25, 0.3) is 0 Å². The van der Waals surface area contributed by atoms with Crippen molar-refractivity contribution in [2.45, 2.75) is 39.2 Å². The van der Waals surface area contributed by atoms with Gasteiger partial charge in [0.1, 0.15) is 11.4 Å². The fourth-order valence-electron chi connectivity index (χ4n) is 2.75. The summed E-state index contributed by atoms with van der Waals surface area (Å²) in [6, 6.07) is 2.05. The van der Waals surface area contributed by atoms with Crippen LogP contribution in [0.3, 0.4) is 0 Å². The number of anilines is 1. The Hall–Kier alpha value is -1.62. The lowest BCUT2D eigenvalue weighted by atomic mass is 10.0. The van der Waals surface area contributed by atoms with Crippen molar-refractivity contribution < 1.29 is 9.90 Å². The molecule has 5 nitrogen and oxygen atoms in total. The summed E-state index contributed by atoms with van der Waals surface area (Å²) in [6.07, 6.45) is 4.92. The number of carbonyl (C=O) groups is 1.